The van der Waals surface area contributed by atoms with E-state index in [1.807, 2.05) is 6.92 Å². The van der Waals surface area contributed by atoms with Crippen LogP contribution in [0, 0.1) is 5.82 Å². The van der Waals surface area contributed by atoms with Gasteiger partial charge in [-0.3, -0.25) is 4.79 Å². The maximum absolute atomic E-state index is 12.9. The molecule has 27 heavy (non-hydrogen) atoms. The number of rotatable bonds is 9. The van der Waals surface area contributed by atoms with Crippen molar-refractivity contribution in [2.45, 2.75) is 31.3 Å². The minimum Gasteiger partial charge on any atom is -0.494 e. The molecule has 0 aliphatic rings. The van der Waals surface area contributed by atoms with Crippen molar-refractivity contribution >= 4 is 16.0 Å². The highest BCUT2D eigenvalue weighted by atomic mass is 32.2. The van der Waals surface area contributed by atoms with Crippen molar-refractivity contribution in [2.24, 2.45) is 0 Å². The van der Waals surface area contributed by atoms with Gasteiger partial charge >= 0.3 is 5.97 Å². The van der Waals surface area contributed by atoms with E-state index in [4.69, 9.17) is 9.47 Å². The molecular weight excluding hydrogens is 373 g/mol. The van der Waals surface area contributed by atoms with Gasteiger partial charge in [-0.1, -0.05) is 12.1 Å². The maximum atomic E-state index is 12.9. The van der Waals surface area contributed by atoms with Gasteiger partial charge in [0.1, 0.15) is 17.7 Å². The Labute approximate surface area is 158 Å². The van der Waals surface area contributed by atoms with E-state index in [0.29, 0.717) is 17.9 Å². The van der Waals surface area contributed by atoms with Gasteiger partial charge in [-0.2, -0.15) is 0 Å². The molecule has 0 heterocycles. The maximum Gasteiger partial charge on any atom is 0.307 e. The average molecular weight is 395 g/mol. The molecule has 2 aromatic rings. The lowest BCUT2D eigenvalue weighted by atomic mass is 10.1. The summed E-state index contributed by atoms with van der Waals surface area (Å²) in [4.78, 5) is 12.0. The molecule has 0 saturated heterocycles. The minimum atomic E-state index is -3.73. The smallest absolute Gasteiger partial charge is 0.307 e. The van der Waals surface area contributed by atoms with Gasteiger partial charge in [-0.25, -0.2) is 17.5 Å². The lowest BCUT2D eigenvalue weighted by molar-refractivity contribution is -0.148. The predicted molar refractivity (Wildman–Crippen MR) is 98.3 cm³/mol. The summed E-state index contributed by atoms with van der Waals surface area (Å²) in [6.07, 6.45) is -0.678. The zero-order valence-electron chi connectivity index (χ0n) is 15.1. The van der Waals surface area contributed by atoms with Crippen LogP contribution in [-0.2, 0) is 19.6 Å². The topological polar surface area (TPSA) is 81.7 Å². The summed E-state index contributed by atoms with van der Waals surface area (Å²) in [6.45, 7) is 3.89. The summed E-state index contributed by atoms with van der Waals surface area (Å²) in [5.41, 5.74) is 0.653. The van der Waals surface area contributed by atoms with E-state index in [1.54, 1.807) is 19.1 Å². The molecule has 0 radical (unpaired) electrons. The minimum absolute atomic E-state index is 0.0824. The zero-order valence-corrected chi connectivity index (χ0v) is 16.0. The third-order valence-corrected chi connectivity index (χ3v) is 5.19. The van der Waals surface area contributed by atoms with Crippen LogP contribution in [0.1, 0.15) is 31.9 Å². The van der Waals surface area contributed by atoms with Crippen LogP contribution in [0.15, 0.2) is 53.4 Å². The summed E-state index contributed by atoms with van der Waals surface area (Å²) in [7, 11) is -3.73. The SMILES string of the molecule is CCOc1ccc(S(=O)(=O)NCCC(=O)OC(C)c2ccc(F)cc2)cc1. The van der Waals surface area contributed by atoms with E-state index in [-0.39, 0.29) is 23.7 Å². The van der Waals surface area contributed by atoms with Crippen LogP contribution in [0.4, 0.5) is 4.39 Å². The third-order valence-electron chi connectivity index (χ3n) is 3.71. The van der Waals surface area contributed by atoms with E-state index in [0.717, 1.165) is 0 Å². The number of esters is 1. The van der Waals surface area contributed by atoms with Crippen molar-refractivity contribution < 1.29 is 27.1 Å². The second-order valence-electron chi connectivity index (χ2n) is 5.74. The lowest BCUT2D eigenvalue weighted by Gasteiger charge is -2.14. The predicted octanol–water partition coefficient (Wildman–Crippen LogP) is 3.20. The fraction of sp³-hybridized carbons (Fsp3) is 0.316. The molecule has 0 aromatic heterocycles. The lowest BCUT2D eigenvalue weighted by Crippen LogP contribution is -2.27. The Bertz CT molecular complexity index is 851. The van der Waals surface area contributed by atoms with E-state index in [9.17, 15) is 17.6 Å². The van der Waals surface area contributed by atoms with Crippen molar-refractivity contribution in [3.63, 3.8) is 0 Å². The second-order valence-corrected chi connectivity index (χ2v) is 7.50. The van der Waals surface area contributed by atoms with Gasteiger partial charge in [0.15, 0.2) is 0 Å². The molecule has 8 heteroatoms. The number of ether oxygens (including phenoxy) is 2. The van der Waals surface area contributed by atoms with Crippen molar-refractivity contribution in [3.8, 4) is 5.75 Å². The zero-order chi connectivity index (χ0) is 19.9. The molecule has 0 spiro atoms. The molecule has 0 saturated carbocycles. The molecule has 0 bridgehead atoms. The molecule has 2 rings (SSSR count). The highest BCUT2D eigenvalue weighted by Gasteiger charge is 2.16. The molecule has 1 N–H and O–H groups in total. The Balaban J connectivity index is 1.83. The van der Waals surface area contributed by atoms with Crippen molar-refractivity contribution in [1.29, 1.82) is 0 Å². The van der Waals surface area contributed by atoms with E-state index >= 15 is 0 Å². The second kappa shape index (κ2) is 9.48. The van der Waals surface area contributed by atoms with Crippen LogP contribution in [0.25, 0.3) is 0 Å². The first kappa shape index (κ1) is 20.9. The molecule has 1 atom stereocenters. The summed E-state index contributed by atoms with van der Waals surface area (Å²) in [5, 5.41) is 0. The Morgan fingerprint density at radius 2 is 1.74 bits per heavy atom. The molecule has 0 fully saturated rings. The van der Waals surface area contributed by atoms with Crippen molar-refractivity contribution in [3.05, 3.63) is 59.9 Å². The Morgan fingerprint density at radius 1 is 1.11 bits per heavy atom. The normalized spacial score (nSPS) is 12.4. The standard InChI is InChI=1S/C19H22FNO5S/c1-3-25-17-8-10-18(11-9-17)27(23,24)21-13-12-19(22)26-14(2)15-4-6-16(20)7-5-15/h4-11,14,21H,3,12-13H2,1-2H3. The van der Waals surface area contributed by atoms with Crippen LogP contribution in [0.5, 0.6) is 5.75 Å². The number of hydrogen-bond acceptors (Lipinski definition) is 5. The highest BCUT2D eigenvalue weighted by molar-refractivity contribution is 7.89. The molecule has 1 unspecified atom stereocenters. The highest BCUT2D eigenvalue weighted by Crippen LogP contribution is 2.18. The molecule has 0 amide bonds. The van der Waals surface area contributed by atoms with Crippen molar-refractivity contribution in [2.75, 3.05) is 13.2 Å². The Hall–Kier alpha value is -2.45. The fourth-order valence-corrected chi connectivity index (χ4v) is 3.34. The van der Waals surface area contributed by atoms with Crippen LogP contribution >= 0.6 is 0 Å². The van der Waals surface area contributed by atoms with Gasteiger partial charge in [-0.15, -0.1) is 0 Å². The van der Waals surface area contributed by atoms with Crippen LogP contribution in [0.3, 0.4) is 0 Å². The Morgan fingerprint density at radius 3 is 2.33 bits per heavy atom. The summed E-state index contributed by atoms with van der Waals surface area (Å²) < 4.78 is 50.2. The van der Waals surface area contributed by atoms with Gasteiger partial charge in [0, 0.05) is 6.54 Å². The van der Waals surface area contributed by atoms with Gasteiger partial charge in [-0.05, 0) is 55.8 Å². The summed E-state index contributed by atoms with van der Waals surface area (Å²) >= 11 is 0. The fourth-order valence-electron chi connectivity index (χ4n) is 2.31. The average Bonchev–Trinajstić information content (AvgIpc) is 2.63. The largest absolute Gasteiger partial charge is 0.494 e. The van der Waals surface area contributed by atoms with Gasteiger partial charge in [0.25, 0.3) is 0 Å². The number of benzene rings is 2. The van der Waals surface area contributed by atoms with E-state index < -0.39 is 22.1 Å². The monoisotopic (exact) mass is 395 g/mol. The molecule has 6 nitrogen and oxygen atoms in total. The number of sulfonamides is 1. The van der Waals surface area contributed by atoms with Crippen LogP contribution < -0.4 is 9.46 Å². The van der Waals surface area contributed by atoms with Gasteiger partial charge in [0.2, 0.25) is 10.0 Å². The first-order chi connectivity index (χ1) is 12.8. The first-order valence-electron chi connectivity index (χ1n) is 8.49. The van der Waals surface area contributed by atoms with Crippen LogP contribution in [0.2, 0.25) is 0 Å². The number of carbonyl (C=O) groups excluding carboxylic acids is 1. The molecule has 0 aliphatic carbocycles. The molecular formula is C19H22FNO5S. The molecule has 2 aromatic carbocycles. The van der Waals surface area contributed by atoms with Gasteiger partial charge < -0.3 is 9.47 Å². The summed E-state index contributed by atoms with van der Waals surface area (Å²) in [6, 6.07) is 11.6. The third kappa shape index (κ3) is 6.33. The first-order valence-corrected chi connectivity index (χ1v) is 9.97. The number of halogens is 1. The van der Waals surface area contributed by atoms with Crippen LogP contribution in [-0.4, -0.2) is 27.5 Å². The summed E-state index contributed by atoms with van der Waals surface area (Å²) in [5.74, 6) is -0.350. The number of carbonyl (C=O) groups is 1. The number of nitrogens with one attached hydrogen (secondary N) is 1. The van der Waals surface area contributed by atoms with E-state index in [2.05, 4.69) is 4.72 Å². The van der Waals surface area contributed by atoms with Crippen molar-refractivity contribution in [1.82, 2.24) is 4.72 Å². The molecule has 0 aliphatic heterocycles. The van der Waals surface area contributed by atoms with E-state index in [1.165, 1.54) is 36.4 Å². The quantitative estimate of drug-likeness (QED) is 0.660. The number of hydrogen-bond donors (Lipinski definition) is 1. The molecule has 146 valence electrons. The Kier molecular flexibility index (Phi) is 7.32. The van der Waals surface area contributed by atoms with Gasteiger partial charge in [0.05, 0.1) is 17.9 Å².